The first kappa shape index (κ1) is 12.2. The van der Waals surface area contributed by atoms with E-state index in [1.54, 1.807) is 0 Å². The SMILES string of the molecule is OCC1CCCN(Cc2cc3ccccc3s2)C1. The number of thiophene rings is 1. The van der Waals surface area contributed by atoms with E-state index >= 15 is 0 Å². The Labute approximate surface area is 112 Å². The first-order valence-corrected chi connectivity index (χ1v) is 7.47. The summed E-state index contributed by atoms with van der Waals surface area (Å²) in [5.74, 6) is 0.480. The van der Waals surface area contributed by atoms with Gasteiger partial charge in [-0.15, -0.1) is 11.3 Å². The summed E-state index contributed by atoms with van der Waals surface area (Å²) in [4.78, 5) is 3.92. The lowest BCUT2D eigenvalue weighted by molar-refractivity contribution is 0.116. The molecule has 1 aromatic heterocycles. The molecule has 1 aliphatic rings. The zero-order valence-corrected chi connectivity index (χ0v) is 11.3. The molecule has 0 amide bonds. The summed E-state index contributed by atoms with van der Waals surface area (Å²) in [5.41, 5.74) is 0. The summed E-state index contributed by atoms with van der Waals surface area (Å²) in [5, 5.41) is 10.6. The molecule has 2 aromatic rings. The molecule has 3 rings (SSSR count). The van der Waals surface area contributed by atoms with Crippen molar-refractivity contribution in [1.29, 1.82) is 0 Å². The van der Waals surface area contributed by atoms with Crippen LogP contribution in [0.3, 0.4) is 0 Å². The van der Waals surface area contributed by atoms with E-state index in [1.165, 1.54) is 34.3 Å². The maximum absolute atomic E-state index is 9.27. The topological polar surface area (TPSA) is 23.5 Å². The monoisotopic (exact) mass is 261 g/mol. The number of hydrogen-bond acceptors (Lipinski definition) is 3. The van der Waals surface area contributed by atoms with E-state index in [9.17, 15) is 5.11 Å². The Kier molecular flexibility index (Phi) is 3.64. The molecule has 0 spiro atoms. The average Bonchev–Trinajstić information content (AvgIpc) is 2.81. The Morgan fingerprint density at radius 1 is 1.33 bits per heavy atom. The Morgan fingerprint density at radius 2 is 2.22 bits per heavy atom. The van der Waals surface area contributed by atoms with Crippen LogP contribution in [0.15, 0.2) is 30.3 Å². The Hall–Kier alpha value is -0.900. The normalized spacial score (nSPS) is 21.5. The van der Waals surface area contributed by atoms with Crippen molar-refractivity contribution in [3.63, 3.8) is 0 Å². The van der Waals surface area contributed by atoms with Gasteiger partial charge in [-0.3, -0.25) is 4.90 Å². The van der Waals surface area contributed by atoms with Crippen LogP contribution >= 0.6 is 11.3 Å². The highest BCUT2D eigenvalue weighted by Gasteiger charge is 2.19. The number of piperidine rings is 1. The first-order valence-electron chi connectivity index (χ1n) is 6.66. The minimum atomic E-state index is 0.336. The number of rotatable bonds is 3. The standard InChI is InChI=1S/C15H19NOS/c17-11-12-4-3-7-16(9-12)10-14-8-13-5-1-2-6-15(13)18-14/h1-2,5-6,8,12,17H,3-4,7,9-11H2. The van der Waals surface area contributed by atoms with Crippen molar-refractivity contribution < 1.29 is 5.11 Å². The summed E-state index contributed by atoms with van der Waals surface area (Å²) in [7, 11) is 0. The van der Waals surface area contributed by atoms with Gasteiger partial charge in [0.25, 0.3) is 0 Å². The van der Waals surface area contributed by atoms with Gasteiger partial charge >= 0.3 is 0 Å². The van der Waals surface area contributed by atoms with Gasteiger partial charge in [0.05, 0.1) is 0 Å². The van der Waals surface area contributed by atoms with Crippen LogP contribution in [-0.4, -0.2) is 29.7 Å². The van der Waals surface area contributed by atoms with Gasteiger partial charge in [0.2, 0.25) is 0 Å². The zero-order valence-electron chi connectivity index (χ0n) is 10.5. The minimum Gasteiger partial charge on any atom is -0.396 e. The fourth-order valence-electron chi connectivity index (χ4n) is 2.78. The Bertz CT molecular complexity index is 489. The highest BCUT2D eigenvalue weighted by molar-refractivity contribution is 7.19. The van der Waals surface area contributed by atoms with Gasteiger partial charge in [-0.25, -0.2) is 0 Å². The highest BCUT2D eigenvalue weighted by Crippen LogP contribution is 2.27. The Balaban J connectivity index is 1.71. The zero-order chi connectivity index (χ0) is 12.4. The number of hydrogen-bond donors (Lipinski definition) is 1. The fourth-order valence-corrected chi connectivity index (χ4v) is 3.89. The molecule has 2 nitrogen and oxygen atoms in total. The molecule has 1 aromatic carbocycles. The molecule has 1 saturated heterocycles. The number of nitrogens with zero attached hydrogens (tertiary/aromatic N) is 1. The van der Waals surface area contributed by atoms with Gasteiger partial charge in [0.15, 0.2) is 0 Å². The van der Waals surface area contributed by atoms with Crippen LogP contribution in [0, 0.1) is 5.92 Å². The molecular weight excluding hydrogens is 242 g/mol. The summed E-state index contributed by atoms with van der Waals surface area (Å²) < 4.78 is 1.38. The number of aliphatic hydroxyl groups excluding tert-OH is 1. The fraction of sp³-hybridized carbons (Fsp3) is 0.467. The quantitative estimate of drug-likeness (QED) is 0.917. The van der Waals surface area contributed by atoms with Crippen LogP contribution in [0.5, 0.6) is 0 Å². The molecule has 96 valence electrons. The maximum atomic E-state index is 9.27. The second-order valence-electron chi connectivity index (χ2n) is 5.18. The molecule has 1 fully saturated rings. The number of likely N-dealkylation sites (tertiary alicyclic amines) is 1. The van der Waals surface area contributed by atoms with Crippen LogP contribution in [0.25, 0.3) is 10.1 Å². The van der Waals surface area contributed by atoms with Crippen molar-refractivity contribution in [3.05, 3.63) is 35.2 Å². The molecule has 1 atom stereocenters. The smallest absolute Gasteiger partial charge is 0.0471 e. The number of benzene rings is 1. The summed E-state index contributed by atoms with van der Waals surface area (Å²) >= 11 is 1.90. The van der Waals surface area contributed by atoms with E-state index in [2.05, 4.69) is 35.2 Å². The van der Waals surface area contributed by atoms with E-state index in [0.29, 0.717) is 12.5 Å². The molecule has 0 saturated carbocycles. The van der Waals surface area contributed by atoms with Gasteiger partial charge in [-0.1, -0.05) is 18.2 Å². The van der Waals surface area contributed by atoms with Crippen molar-refractivity contribution in [1.82, 2.24) is 4.90 Å². The second kappa shape index (κ2) is 5.39. The van der Waals surface area contributed by atoms with Crippen LogP contribution in [0.4, 0.5) is 0 Å². The predicted octanol–water partition coefficient (Wildman–Crippen LogP) is 3.11. The maximum Gasteiger partial charge on any atom is 0.0471 e. The van der Waals surface area contributed by atoms with Crippen molar-refractivity contribution in [2.75, 3.05) is 19.7 Å². The number of fused-ring (bicyclic) bond motifs is 1. The number of aliphatic hydroxyl groups is 1. The molecule has 1 N–H and O–H groups in total. The van der Waals surface area contributed by atoms with Gasteiger partial charge in [0.1, 0.15) is 0 Å². The van der Waals surface area contributed by atoms with E-state index in [0.717, 1.165) is 13.1 Å². The first-order chi connectivity index (χ1) is 8.85. The van der Waals surface area contributed by atoms with Crippen LogP contribution in [0.1, 0.15) is 17.7 Å². The molecule has 0 radical (unpaired) electrons. The lowest BCUT2D eigenvalue weighted by Gasteiger charge is -2.31. The Morgan fingerprint density at radius 3 is 3.06 bits per heavy atom. The van der Waals surface area contributed by atoms with Crippen molar-refractivity contribution in [2.24, 2.45) is 5.92 Å². The van der Waals surface area contributed by atoms with Gasteiger partial charge in [-0.05, 0) is 42.8 Å². The van der Waals surface area contributed by atoms with Crippen LogP contribution < -0.4 is 0 Å². The lowest BCUT2D eigenvalue weighted by Crippen LogP contribution is -2.36. The third-order valence-corrected chi connectivity index (χ3v) is 4.82. The van der Waals surface area contributed by atoms with Gasteiger partial charge in [-0.2, -0.15) is 0 Å². The minimum absolute atomic E-state index is 0.336. The third kappa shape index (κ3) is 2.58. The highest BCUT2D eigenvalue weighted by atomic mass is 32.1. The summed E-state index contributed by atoms with van der Waals surface area (Å²) in [6.45, 7) is 3.59. The molecule has 2 heterocycles. The van der Waals surface area contributed by atoms with Crippen LogP contribution in [0.2, 0.25) is 0 Å². The molecule has 18 heavy (non-hydrogen) atoms. The van der Waals surface area contributed by atoms with Crippen molar-refractivity contribution >= 4 is 21.4 Å². The van der Waals surface area contributed by atoms with E-state index in [4.69, 9.17) is 0 Å². The predicted molar refractivity (Wildman–Crippen MR) is 76.9 cm³/mol. The van der Waals surface area contributed by atoms with Gasteiger partial charge < -0.3 is 5.11 Å². The van der Waals surface area contributed by atoms with Crippen LogP contribution in [-0.2, 0) is 6.54 Å². The molecule has 1 aliphatic heterocycles. The molecule has 3 heteroatoms. The molecule has 0 aliphatic carbocycles. The van der Waals surface area contributed by atoms with Crippen molar-refractivity contribution in [2.45, 2.75) is 19.4 Å². The summed E-state index contributed by atoms with van der Waals surface area (Å²) in [6, 6.07) is 10.9. The molecule has 1 unspecified atom stereocenters. The molecular formula is C15H19NOS. The largest absolute Gasteiger partial charge is 0.396 e. The van der Waals surface area contributed by atoms with Crippen molar-refractivity contribution in [3.8, 4) is 0 Å². The third-order valence-electron chi connectivity index (χ3n) is 3.72. The average molecular weight is 261 g/mol. The van der Waals surface area contributed by atoms with E-state index < -0.39 is 0 Å². The van der Waals surface area contributed by atoms with E-state index in [-0.39, 0.29) is 0 Å². The second-order valence-corrected chi connectivity index (χ2v) is 6.34. The molecule has 0 bridgehead atoms. The van der Waals surface area contributed by atoms with Gasteiger partial charge in [0, 0.05) is 29.3 Å². The van der Waals surface area contributed by atoms with E-state index in [1.807, 2.05) is 11.3 Å². The lowest BCUT2D eigenvalue weighted by atomic mass is 9.99. The summed E-state index contributed by atoms with van der Waals surface area (Å²) in [6.07, 6.45) is 2.40.